The second-order valence-corrected chi connectivity index (χ2v) is 14.9. The molecule has 2 aliphatic rings. The molecule has 4 heterocycles. The Balaban J connectivity index is 1.38. The highest BCUT2D eigenvalue weighted by Crippen LogP contribution is 3.02. The lowest BCUT2D eigenvalue weighted by Gasteiger charge is -2.40. The highest BCUT2D eigenvalue weighted by atomic mass is 32.5. The van der Waals surface area contributed by atoms with Crippen LogP contribution in [0.25, 0.3) is 16.9 Å². The number of aryl methyl sites for hydroxylation is 1. The lowest BCUT2D eigenvalue weighted by molar-refractivity contribution is -0.116. The van der Waals surface area contributed by atoms with Crippen molar-refractivity contribution >= 4 is 44.6 Å². The first kappa shape index (κ1) is 35.7. The second-order valence-electron chi connectivity index (χ2n) is 12.5. The Morgan fingerprint density at radius 1 is 0.980 bits per heavy atom. The van der Waals surface area contributed by atoms with Gasteiger partial charge in [0, 0.05) is 24.5 Å². The van der Waals surface area contributed by atoms with Gasteiger partial charge in [0.05, 0.1) is 11.3 Å². The molecule has 4 aromatic rings. The van der Waals surface area contributed by atoms with E-state index < -0.39 is 39.0 Å². The van der Waals surface area contributed by atoms with Crippen molar-refractivity contribution in [1.82, 2.24) is 34.0 Å². The van der Waals surface area contributed by atoms with Crippen LogP contribution in [-0.4, -0.2) is 64.0 Å². The molecule has 0 spiro atoms. The van der Waals surface area contributed by atoms with Crippen LogP contribution in [0, 0.1) is 6.92 Å². The zero-order valence-corrected chi connectivity index (χ0v) is 28.5. The predicted octanol–water partition coefficient (Wildman–Crippen LogP) is 6.83. The molecule has 0 atom stereocenters. The molecule has 51 heavy (non-hydrogen) atoms. The number of rotatable bonds is 8. The molecule has 3 aromatic heterocycles. The van der Waals surface area contributed by atoms with E-state index in [1.165, 1.54) is 15.8 Å². The van der Waals surface area contributed by atoms with Gasteiger partial charge in [-0.1, -0.05) is 44.9 Å². The number of amides is 2. The zero-order chi connectivity index (χ0) is 36.8. The van der Waals surface area contributed by atoms with Gasteiger partial charge in [-0.2, -0.15) is 9.50 Å². The minimum absolute atomic E-state index is 0.0787. The Morgan fingerprint density at radius 3 is 2.39 bits per heavy atom. The molecule has 2 amide bonds. The number of benzene rings is 1. The van der Waals surface area contributed by atoms with E-state index >= 15 is 0 Å². The van der Waals surface area contributed by atoms with Crippen molar-refractivity contribution in [2.45, 2.75) is 70.2 Å². The number of carbonyl (C=O) groups excluding carboxylic acids is 2. The zero-order valence-electron chi connectivity index (χ0n) is 27.7. The third-order valence-corrected chi connectivity index (χ3v) is 10.1. The van der Waals surface area contributed by atoms with Gasteiger partial charge in [-0.25, -0.2) is 9.97 Å². The number of halogens is 5. The van der Waals surface area contributed by atoms with Gasteiger partial charge < -0.3 is 19.9 Å². The van der Waals surface area contributed by atoms with Crippen LogP contribution in [-0.2, 0) is 17.8 Å². The molecule has 0 fully saturated rings. The fourth-order valence-corrected chi connectivity index (χ4v) is 6.95. The summed E-state index contributed by atoms with van der Waals surface area (Å²) in [7, 11) is -9.91. The number of nitrogens with one attached hydrogen (secondary N) is 1. The molecule has 0 unspecified atom stereocenters. The van der Waals surface area contributed by atoms with E-state index in [1.54, 1.807) is 19.9 Å². The molecule has 0 radical (unpaired) electrons. The van der Waals surface area contributed by atoms with Gasteiger partial charge in [0.15, 0.2) is 17.3 Å². The number of fused-ring (bicyclic) bond motifs is 1. The van der Waals surface area contributed by atoms with Crippen LogP contribution in [0.1, 0.15) is 78.7 Å². The number of hydrogen-bond acceptors (Lipinski definition) is 8. The van der Waals surface area contributed by atoms with Crippen LogP contribution in [0.3, 0.4) is 0 Å². The van der Waals surface area contributed by atoms with Gasteiger partial charge in [-0.3, -0.25) is 14.4 Å². The molecular weight excluding hydrogens is 699 g/mol. The Bertz CT molecular complexity index is 2180. The number of anilines is 1. The highest BCUT2D eigenvalue weighted by molar-refractivity contribution is 8.45. The van der Waals surface area contributed by atoms with E-state index in [4.69, 9.17) is 0 Å². The number of hydrogen-bond donors (Lipinski definition) is 2. The maximum atomic E-state index is 14.2. The van der Waals surface area contributed by atoms with Crippen LogP contribution in [0.5, 0.6) is 5.75 Å². The van der Waals surface area contributed by atoms with E-state index in [0.717, 1.165) is 47.9 Å². The number of allylic oxidation sites excluding steroid dienone is 2. The smallest absolute Gasteiger partial charge is 0.310 e. The quantitative estimate of drug-likeness (QED) is 0.187. The van der Waals surface area contributed by atoms with Crippen molar-refractivity contribution < 1.29 is 34.1 Å². The molecule has 0 bridgehead atoms. The van der Waals surface area contributed by atoms with Gasteiger partial charge in [-0.05, 0) is 80.9 Å². The maximum Gasteiger partial charge on any atom is 0.310 e. The average Bonchev–Trinajstić information content (AvgIpc) is 3.34. The number of aromatic hydroxyl groups is 1. The van der Waals surface area contributed by atoms with Crippen molar-refractivity contribution in [3.63, 3.8) is 0 Å². The normalized spacial score (nSPS) is 16.9. The van der Waals surface area contributed by atoms with Gasteiger partial charge in [0.25, 0.3) is 11.5 Å². The van der Waals surface area contributed by atoms with Crippen molar-refractivity contribution in [2.24, 2.45) is 0 Å². The van der Waals surface area contributed by atoms with Gasteiger partial charge in [0.1, 0.15) is 17.8 Å². The first-order valence-electron chi connectivity index (χ1n) is 16.3. The SMILES string of the molecule is CCc1c(C2=CCN(C(=O)c3ncnc(C)c3O)CC2)c(=O)n2nc(C3=CCCCCC3)nc2n1CC(=O)Nc1ccc(S(F)(F)(F)(F)F)cc1. The maximum absolute atomic E-state index is 14.2. The van der Waals surface area contributed by atoms with E-state index in [1.807, 2.05) is 6.08 Å². The Labute approximate surface area is 288 Å². The molecule has 1 aromatic carbocycles. The van der Waals surface area contributed by atoms with Crippen LogP contribution < -0.4 is 10.9 Å². The summed E-state index contributed by atoms with van der Waals surface area (Å²) < 4.78 is 68.8. The van der Waals surface area contributed by atoms with Crippen molar-refractivity contribution in [3.05, 3.63) is 81.6 Å². The molecule has 0 saturated heterocycles. The van der Waals surface area contributed by atoms with Gasteiger partial charge in [0.2, 0.25) is 11.7 Å². The summed E-state index contributed by atoms with van der Waals surface area (Å²) in [6.45, 7) is 3.15. The van der Waals surface area contributed by atoms with Crippen LogP contribution in [0.15, 0.2) is 52.4 Å². The molecular formula is C33H35F5N8O4S. The van der Waals surface area contributed by atoms with Crippen LogP contribution >= 0.6 is 10.2 Å². The summed E-state index contributed by atoms with van der Waals surface area (Å²) in [4.78, 5) is 52.7. The molecule has 12 nitrogen and oxygen atoms in total. The summed E-state index contributed by atoms with van der Waals surface area (Å²) in [5, 5.41) is 17.4. The predicted molar refractivity (Wildman–Crippen MR) is 181 cm³/mol. The highest BCUT2D eigenvalue weighted by Gasteiger charge is 2.65. The van der Waals surface area contributed by atoms with Crippen LogP contribution in [0.2, 0.25) is 0 Å². The summed E-state index contributed by atoms with van der Waals surface area (Å²) in [6, 6.07) is 1.92. The third-order valence-electron chi connectivity index (χ3n) is 8.93. The lowest BCUT2D eigenvalue weighted by Crippen LogP contribution is -2.37. The summed E-state index contributed by atoms with van der Waals surface area (Å²) in [5.41, 5.74) is 1.64. The van der Waals surface area contributed by atoms with Crippen molar-refractivity contribution in [1.29, 1.82) is 0 Å². The molecule has 6 rings (SSSR count). The summed E-state index contributed by atoms with van der Waals surface area (Å²) >= 11 is 0. The topological polar surface area (TPSA) is 148 Å². The number of carbonyl (C=O) groups is 2. The Kier molecular flexibility index (Phi) is 8.80. The standard InChI is InChI=1S/C33H35F5N8O4S/c1-3-25-27(21-14-16-44(17-15-21)32(50)28-29(48)20(2)39-19-40-28)31(49)46-33(42-30(43-46)22-8-6-4-5-7-9-22)45(25)18-26(47)41-23-10-12-24(13-11-23)51(34,35,36,37)38/h8,10-14,19,48H,3-7,9,15-18H2,1-2H3,(H,41,47). The number of aromatic nitrogens is 6. The fraction of sp³-hybridized carbons (Fsp3) is 0.364. The molecule has 0 saturated carbocycles. The minimum atomic E-state index is -9.91. The van der Waals surface area contributed by atoms with Gasteiger partial charge in [-0.15, -0.1) is 5.10 Å². The Morgan fingerprint density at radius 2 is 1.73 bits per heavy atom. The third kappa shape index (κ3) is 7.36. The second kappa shape index (κ2) is 12.6. The molecule has 1 aliphatic heterocycles. The summed E-state index contributed by atoms with van der Waals surface area (Å²) in [5.74, 6) is -1.13. The number of nitrogens with zero attached hydrogens (tertiary/aromatic N) is 7. The van der Waals surface area contributed by atoms with E-state index in [-0.39, 0.29) is 72.2 Å². The van der Waals surface area contributed by atoms with Crippen LogP contribution in [0.4, 0.5) is 25.1 Å². The van der Waals surface area contributed by atoms with Crippen molar-refractivity contribution in [3.8, 4) is 5.75 Å². The van der Waals surface area contributed by atoms with E-state index in [2.05, 4.69) is 25.4 Å². The lowest BCUT2D eigenvalue weighted by atomic mass is 9.97. The first-order valence-corrected chi connectivity index (χ1v) is 18.3. The molecule has 272 valence electrons. The average molecular weight is 735 g/mol. The largest absolute Gasteiger partial charge is 0.504 e. The van der Waals surface area contributed by atoms with Crippen molar-refractivity contribution in [2.75, 3.05) is 18.4 Å². The summed E-state index contributed by atoms with van der Waals surface area (Å²) in [6.07, 6.45) is 9.88. The molecule has 18 heteroatoms. The fourth-order valence-electron chi connectivity index (χ4n) is 6.30. The van der Waals surface area contributed by atoms with E-state index in [9.17, 15) is 38.9 Å². The van der Waals surface area contributed by atoms with Gasteiger partial charge >= 0.3 is 10.2 Å². The molecule has 2 N–H and O–H groups in total. The first-order chi connectivity index (χ1) is 23.9. The molecule has 1 aliphatic carbocycles. The van der Waals surface area contributed by atoms with E-state index in [0.29, 0.717) is 23.5 Å². The Hall–Kier alpha value is -5.13. The minimum Gasteiger partial charge on any atom is -0.504 e. The monoisotopic (exact) mass is 734 g/mol.